The molecule has 122 valence electrons. The zero-order chi connectivity index (χ0) is 15.7. The molecule has 1 heterocycles. The molecule has 1 atom stereocenters. The summed E-state index contributed by atoms with van der Waals surface area (Å²) in [5, 5.41) is 8.35. The van der Waals surface area contributed by atoms with Crippen molar-refractivity contribution in [3.05, 3.63) is 11.9 Å². The molecular weight excluding hydrogens is 258 g/mol. The van der Waals surface area contributed by atoms with Crippen LogP contribution >= 0.6 is 0 Å². The Kier molecular flexibility index (Phi) is 8.63. The first-order valence-electron chi connectivity index (χ1n) is 8.88. The van der Waals surface area contributed by atoms with Gasteiger partial charge in [-0.3, -0.25) is 0 Å². The molecule has 21 heavy (non-hydrogen) atoms. The first-order chi connectivity index (χ1) is 10.0. The molecule has 0 saturated heterocycles. The van der Waals surface area contributed by atoms with Gasteiger partial charge in [0.05, 0.1) is 11.9 Å². The Morgan fingerprint density at radius 3 is 2.33 bits per heavy atom. The highest BCUT2D eigenvalue weighted by Gasteiger charge is 2.09. The van der Waals surface area contributed by atoms with E-state index < -0.39 is 0 Å². The molecule has 0 radical (unpaired) electrons. The minimum absolute atomic E-state index is 0.748. The molecule has 0 spiro atoms. The summed E-state index contributed by atoms with van der Waals surface area (Å²) in [5.74, 6) is 2.34. The van der Waals surface area contributed by atoms with Crippen LogP contribution in [0.25, 0.3) is 0 Å². The highest BCUT2D eigenvalue weighted by molar-refractivity contribution is 4.94. The zero-order valence-corrected chi connectivity index (χ0v) is 14.8. The summed E-state index contributed by atoms with van der Waals surface area (Å²) in [6.45, 7) is 12.6. The minimum Gasteiger partial charge on any atom is -0.249 e. The van der Waals surface area contributed by atoms with Crippen LogP contribution in [0, 0.1) is 17.8 Å². The van der Waals surface area contributed by atoms with Crippen molar-refractivity contribution in [2.75, 3.05) is 0 Å². The van der Waals surface area contributed by atoms with Crippen LogP contribution in [0.4, 0.5) is 0 Å². The summed E-state index contributed by atoms with van der Waals surface area (Å²) in [6.07, 6.45) is 11.0. The van der Waals surface area contributed by atoms with Gasteiger partial charge in [0.25, 0.3) is 0 Å². The Hall–Kier alpha value is -0.860. The van der Waals surface area contributed by atoms with Crippen LogP contribution in [0.2, 0.25) is 0 Å². The predicted molar refractivity (Wildman–Crippen MR) is 90.3 cm³/mol. The van der Waals surface area contributed by atoms with E-state index in [2.05, 4.69) is 49.6 Å². The monoisotopic (exact) mass is 293 g/mol. The smallest absolute Gasteiger partial charge is 0.0725 e. The first kappa shape index (κ1) is 18.2. The fourth-order valence-corrected chi connectivity index (χ4v) is 2.53. The predicted octanol–water partition coefficient (Wildman–Crippen LogP) is 5.11. The molecule has 3 nitrogen and oxygen atoms in total. The van der Waals surface area contributed by atoms with Crippen molar-refractivity contribution in [1.82, 2.24) is 15.0 Å². The van der Waals surface area contributed by atoms with Crippen LogP contribution in [0.15, 0.2) is 6.20 Å². The number of aryl methyl sites for hydroxylation is 2. The van der Waals surface area contributed by atoms with Gasteiger partial charge >= 0.3 is 0 Å². The quantitative estimate of drug-likeness (QED) is 0.531. The summed E-state index contributed by atoms with van der Waals surface area (Å²) in [6, 6.07) is 0. The van der Waals surface area contributed by atoms with Gasteiger partial charge in [-0.05, 0) is 37.0 Å². The largest absolute Gasteiger partial charge is 0.249 e. The van der Waals surface area contributed by atoms with Gasteiger partial charge in [-0.15, -0.1) is 5.10 Å². The molecule has 1 unspecified atom stereocenters. The van der Waals surface area contributed by atoms with Gasteiger partial charge in [-0.25, -0.2) is 4.68 Å². The Balaban J connectivity index is 2.22. The summed E-state index contributed by atoms with van der Waals surface area (Å²) in [5.41, 5.74) is 1.31. The van der Waals surface area contributed by atoms with Gasteiger partial charge in [0, 0.05) is 6.54 Å². The van der Waals surface area contributed by atoms with E-state index in [1.807, 2.05) is 6.20 Å². The SMILES string of the molecule is CC(C)CCCCCCc1cnnn1CCC(C)C(C)C. The zero-order valence-electron chi connectivity index (χ0n) is 14.8. The standard InChI is InChI=1S/C18H35N3/c1-15(2)10-8-6-7-9-11-18-14-19-20-21(18)13-12-17(5)16(3)4/h14-17H,6-13H2,1-5H3. The van der Waals surface area contributed by atoms with Crippen LogP contribution in [-0.2, 0) is 13.0 Å². The molecule has 1 aromatic rings. The lowest BCUT2D eigenvalue weighted by molar-refractivity contribution is 0.355. The lowest BCUT2D eigenvalue weighted by Gasteiger charge is -2.15. The third-order valence-corrected chi connectivity index (χ3v) is 4.60. The molecule has 1 aromatic heterocycles. The number of unbranched alkanes of at least 4 members (excludes halogenated alkanes) is 3. The third-order valence-electron chi connectivity index (χ3n) is 4.60. The molecule has 0 aromatic carbocycles. The maximum Gasteiger partial charge on any atom is 0.0725 e. The van der Waals surface area contributed by atoms with Crippen molar-refractivity contribution in [3.8, 4) is 0 Å². The average Bonchev–Trinajstić information content (AvgIpc) is 2.87. The molecule has 0 fully saturated rings. The highest BCUT2D eigenvalue weighted by atomic mass is 15.4. The van der Waals surface area contributed by atoms with E-state index in [0.717, 1.165) is 30.7 Å². The van der Waals surface area contributed by atoms with E-state index >= 15 is 0 Å². The van der Waals surface area contributed by atoms with Crippen LogP contribution in [0.3, 0.4) is 0 Å². The fraction of sp³-hybridized carbons (Fsp3) is 0.889. The molecule has 0 aliphatic carbocycles. The van der Waals surface area contributed by atoms with Crippen molar-refractivity contribution < 1.29 is 0 Å². The molecule has 0 amide bonds. The van der Waals surface area contributed by atoms with E-state index in [9.17, 15) is 0 Å². The summed E-state index contributed by atoms with van der Waals surface area (Å²) >= 11 is 0. The number of rotatable bonds is 11. The van der Waals surface area contributed by atoms with E-state index in [1.165, 1.54) is 44.2 Å². The Morgan fingerprint density at radius 2 is 1.67 bits per heavy atom. The second-order valence-electron chi connectivity index (χ2n) is 7.31. The molecule has 0 saturated carbocycles. The maximum absolute atomic E-state index is 4.25. The van der Waals surface area contributed by atoms with Crippen LogP contribution < -0.4 is 0 Å². The van der Waals surface area contributed by atoms with Crippen molar-refractivity contribution in [2.24, 2.45) is 17.8 Å². The molecule has 0 aliphatic heterocycles. The first-order valence-corrected chi connectivity index (χ1v) is 8.88. The molecule has 1 rings (SSSR count). The van der Waals surface area contributed by atoms with Crippen LogP contribution in [0.5, 0.6) is 0 Å². The van der Waals surface area contributed by atoms with Gasteiger partial charge in [-0.1, -0.05) is 65.5 Å². The third kappa shape index (κ3) is 7.63. The Morgan fingerprint density at radius 1 is 0.952 bits per heavy atom. The van der Waals surface area contributed by atoms with E-state index in [1.54, 1.807) is 0 Å². The Labute approximate surface area is 131 Å². The number of hydrogen-bond acceptors (Lipinski definition) is 2. The van der Waals surface area contributed by atoms with E-state index in [-0.39, 0.29) is 0 Å². The fourth-order valence-electron chi connectivity index (χ4n) is 2.53. The lowest BCUT2D eigenvalue weighted by atomic mass is 9.95. The summed E-state index contributed by atoms with van der Waals surface area (Å²) in [7, 11) is 0. The highest BCUT2D eigenvalue weighted by Crippen LogP contribution is 2.16. The van der Waals surface area contributed by atoms with Gasteiger partial charge in [0.1, 0.15) is 0 Å². The summed E-state index contributed by atoms with van der Waals surface area (Å²) in [4.78, 5) is 0. The minimum atomic E-state index is 0.748. The normalized spacial score (nSPS) is 13.3. The molecular formula is C18H35N3. The topological polar surface area (TPSA) is 30.7 Å². The number of aromatic nitrogens is 3. The summed E-state index contributed by atoms with van der Waals surface area (Å²) < 4.78 is 2.12. The second kappa shape index (κ2) is 9.97. The lowest BCUT2D eigenvalue weighted by Crippen LogP contribution is -2.12. The second-order valence-corrected chi connectivity index (χ2v) is 7.31. The van der Waals surface area contributed by atoms with Crippen LogP contribution in [-0.4, -0.2) is 15.0 Å². The number of hydrogen-bond donors (Lipinski definition) is 0. The number of nitrogens with zero attached hydrogens (tertiary/aromatic N) is 3. The molecule has 3 heteroatoms. The van der Waals surface area contributed by atoms with Crippen molar-refractivity contribution >= 4 is 0 Å². The van der Waals surface area contributed by atoms with Gasteiger partial charge in [0.2, 0.25) is 0 Å². The average molecular weight is 293 g/mol. The van der Waals surface area contributed by atoms with Gasteiger partial charge < -0.3 is 0 Å². The van der Waals surface area contributed by atoms with Crippen molar-refractivity contribution in [1.29, 1.82) is 0 Å². The molecule has 0 bridgehead atoms. The molecule has 0 aliphatic rings. The van der Waals surface area contributed by atoms with Gasteiger partial charge in [0.15, 0.2) is 0 Å². The van der Waals surface area contributed by atoms with E-state index in [0.29, 0.717) is 0 Å². The van der Waals surface area contributed by atoms with E-state index in [4.69, 9.17) is 0 Å². The Bertz CT molecular complexity index is 368. The van der Waals surface area contributed by atoms with Crippen molar-refractivity contribution in [3.63, 3.8) is 0 Å². The van der Waals surface area contributed by atoms with Crippen molar-refractivity contribution in [2.45, 2.75) is 86.1 Å². The molecule has 0 N–H and O–H groups in total. The van der Waals surface area contributed by atoms with Crippen LogP contribution in [0.1, 0.15) is 78.8 Å². The maximum atomic E-state index is 4.25. The van der Waals surface area contributed by atoms with Gasteiger partial charge in [-0.2, -0.15) is 0 Å².